The fraction of sp³-hybridized carbons (Fsp3) is 0.208. The van der Waals surface area contributed by atoms with Gasteiger partial charge in [0, 0.05) is 18.3 Å². The van der Waals surface area contributed by atoms with E-state index in [1.54, 1.807) is 12.1 Å². The number of hydrogen-bond donors (Lipinski definition) is 0. The lowest BCUT2D eigenvalue weighted by Crippen LogP contribution is -2.00. The van der Waals surface area contributed by atoms with E-state index in [9.17, 15) is 10.1 Å². The third-order valence-electron chi connectivity index (χ3n) is 4.53. The second-order valence-corrected chi connectivity index (χ2v) is 6.90. The van der Waals surface area contributed by atoms with Gasteiger partial charge in [-0.1, -0.05) is 12.1 Å². The van der Waals surface area contributed by atoms with Crippen molar-refractivity contribution in [3.8, 4) is 11.5 Å². The Bertz CT molecular complexity index is 1060. The van der Waals surface area contributed by atoms with Gasteiger partial charge in [0.25, 0.3) is 5.69 Å². The molecule has 0 saturated carbocycles. The van der Waals surface area contributed by atoms with Crippen molar-refractivity contribution in [2.24, 2.45) is 4.99 Å². The van der Waals surface area contributed by atoms with Crippen molar-refractivity contribution in [1.82, 2.24) is 0 Å². The van der Waals surface area contributed by atoms with Crippen LogP contribution in [0.25, 0.3) is 0 Å². The van der Waals surface area contributed by atoms with Crippen LogP contribution in [0.15, 0.2) is 65.7 Å². The fourth-order valence-corrected chi connectivity index (χ4v) is 2.87. The van der Waals surface area contributed by atoms with Crippen molar-refractivity contribution in [1.29, 1.82) is 0 Å². The highest BCUT2D eigenvalue weighted by molar-refractivity contribution is 5.83. The molecule has 0 radical (unpaired) electrons. The van der Waals surface area contributed by atoms with E-state index < -0.39 is 4.92 Å². The maximum atomic E-state index is 10.8. The predicted molar refractivity (Wildman–Crippen MR) is 118 cm³/mol. The summed E-state index contributed by atoms with van der Waals surface area (Å²) in [5.41, 5.74) is 5.01. The molecule has 0 aliphatic rings. The van der Waals surface area contributed by atoms with Gasteiger partial charge in [-0.3, -0.25) is 15.1 Å². The van der Waals surface area contributed by atoms with E-state index in [-0.39, 0.29) is 12.3 Å². The molecule has 154 valence electrons. The molecule has 0 unspecified atom stereocenters. The molecule has 0 amide bonds. The van der Waals surface area contributed by atoms with Gasteiger partial charge in [0.05, 0.1) is 17.2 Å². The quantitative estimate of drug-likeness (QED) is 0.264. The van der Waals surface area contributed by atoms with Crippen molar-refractivity contribution in [3.05, 3.63) is 93.0 Å². The normalized spacial score (nSPS) is 10.9. The van der Waals surface area contributed by atoms with Crippen LogP contribution in [0.1, 0.15) is 29.2 Å². The maximum absolute atomic E-state index is 10.8. The number of ether oxygens (including phenoxy) is 2. The van der Waals surface area contributed by atoms with Gasteiger partial charge in [-0.05, 0) is 79.4 Å². The molecule has 0 fully saturated rings. The second-order valence-electron chi connectivity index (χ2n) is 6.90. The third kappa shape index (κ3) is 5.44. The number of nitro benzene ring substituents is 1. The smallest absolute Gasteiger partial charge is 0.269 e. The van der Waals surface area contributed by atoms with E-state index in [1.807, 2.05) is 45.2 Å². The number of hydrogen-bond acceptors (Lipinski definition) is 5. The lowest BCUT2D eigenvalue weighted by atomic mass is 10.1. The first kappa shape index (κ1) is 21.0. The van der Waals surface area contributed by atoms with E-state index in [2.05, 4.69) is 23.2 Å². The lowest BCUT2D eigenvalue weighted by molar-refractivity contribution is -0.384. The van der Waals surface area contributed by atoms with Crippen LogP contribution < -0.4 is 9.47 Å². The first-order chi connectivity index (χ1) is 14.5. The van der Waals surface area contributed by atoms with Gasteiger partial charge in [0.2, 0.25) is 0 Å². The van der Waals surface area contributed by atoms with E-state index in [0.717, 1.165) is 27.9 Å². The zero-order valence-corrected chi connectivity index (χ0v) is 17.3. The van der Waals surface area contributed by atoms with Crippen LogP contribution in [-0.2, 0) is 6.61 Å². The average molecular weight is 404 g/mol. The highest BCUT2D eigenvalue weighted by Crippen LogP contribution is 2.29. The predicted octanol–water partition coefficient (Wildman–Crippen LogP) is 5.94. The topological polar surface area (TPSA) is 74.0 Å². The summed E-state index contributed by atoms with van der Waals surface area (Å²) in [7, 11) is 0. The highest BCUT2D eigenvalue weighted by atomic mass is 16.6. The summed E-state index contributed by atoms with van der Waals surface area (Å²) in [6.07, 6.45) is 1.81. The van der Waals surface area contributed by atoms with E-state index >= 15 is 0 Å². The molecule has 0 bridgehead atoms. The van der Waals surface area contributed by atoms with Crippen LogP contribution in [0.2, 0.25) is 0 Å². The minimum atomic E-state index is -0.420. The number of aryl methyl sites for hydroxylation is 2. The third-order valence-corrected chi connectivity index (χ3v) is 4.53. The Balaban J connectivity index is 1.75. The Labute approximate surface area is 176 Å². The molecule has 30 heavy (non-hydrogen) atoms. The van der Waals surface area contributed by atoms with Gasteiger partial charge in [-0.2, -0.15) is 0 Å². The Morgan fingerprint density at radius 1 is 0.967 bits per heavy atom. The molecule has 3 rings (SSSR count). The molecule has 0 spiro atoms. The van der Waals surface area contributed by atoms with Gasteiger partial charge >= 0.3 is 0 Å². The zero-order valence-electron chi connectivity index (χ0n) is 17.3. The Morgan fingerprint density at radius 3 is 2.43 bits per heavy atom. The van der Waals surface area contributed by atoms with Crippen LogP contribution in [0.5, 0.6) is 11.5 Å². The van der Waals surface area contributed by atoms with Crippen LogP contribution >= 0.6 is 0 Å². The second kappa shape index (κ2) is 9.69. The van der Waals surface area contributed by atoms with Crippen LogP contribution in [-0.4, -0.2) is 17.7 Å². The molecule has 0 heterocycles. The number of benzene rings is 3. The molecule has 0 N–H and O–H groups in total. The molecule has 6 heteroatoms. The Morgan fingerprint density at radius 2 is 1.73 bits per heavy atom. The van der Waals surface area contributed by atoms with E-state index in [4.69, 9.17) is 9.47 Å². The van der Waals surface area contributed by atoms with Gasteiger partial charge in [-0.25, -0.2) is 0 Å². The summed E-state index contributed by atoms with van der Waals surface area (Å²) in [5.74, 6) is 1.24. The van der Waals surface area contributed by atoms with Crippen LogP contribution in [0, 0.1) is 24.0 Å². The molecule has 0 aromatic heterocycles. The fourth-order valence-electron chi connectivity index (χ4n) is 2.87. The van der Waals surface area contributed by atoms with Crippen LogP contribution in [0.4, 0.5) is 11.4 Å². The highest BCUT2D eigenvalue weighted by Gasteiger charge is 2.08. The largest absolute Gasteiger partial charge is 0.490 e. The van der Waals surface area contributed by atoms with Gasteiger partial charge < -0.3 is 9.47 Å². The van der Waals surface area contributed by atoms with Crippen LogP contribution in [0.3, 0.4) is 0 Å². The molecule has 3 aromatic rings. The molecule has 6 nitrogen and oxygen atoms in total. The molecular formula is C24H24N2O4. The summed E-state index contributed by atoms with van der Waals surface area (Å²) in [5, 5.41) is 10.8. The summed E-state index contributed by atoms with van der Waals surface area (Å²) in [6, 6.07) is 18.1. The molecule has 0 aliphatic heterocycles. The zero-order chi connectivity index (χ0) is 21.5. The maximum Gasteiger partial charge on any atom is 0.269 e. The van der Waals surface area contributed by atoms with Crippen molar-refractivity contribution in [2.45, 2.75) is 27.4 Å². The standard InChI is InChI=1S/C24H24N2O4/c1-4-29-24-14-20(15-25-22-13-17(2)5-6-18(22)3)9-12-23(24)30-16-19-7-10-21(11-8-19)26(27)28/h5-15H,4,16H2,1-3H3. The van der Waals surface area contributed by atoms with E-state index in [1.165, 1.54) is 12.1 Å². The summed E-state index contributed by atoms with van der Waals surface area (Å²) in [4.78, 5) is 15.0. The van der Waals surface area contributed by atoms with Crippen molar-refractivity contribution in [3.63, 3.8) is 0 Å². The first-order valence-electron chi connectivity index (χ1n) is 9.70. The number of rotatable bonds is 8. The molecule has 0 saturated heterocycles. The van der Waals surface area contributed by atoms with E-state index in [0.29, 0.717) is 18.1 Å². The number of non-ortho nitro benzene ring substituents is 1. The van der Waals surface area contributed by atoms with Crippen molar-refractivity contribution >= 4 is 17.6 Å². The lowest BCUT2D eigenvalue weighted by Gasteiger charge is -2.12. The summed E-state index contributed by atoms with van der Waals surface area (Å²) >= 11 is 0. The monoisotopic (exact) mass is 404 g/mol. The van der Waals surface area contributed by atoms with Crippen molar-refractivity contribution in [2.75, 3.05) is 6.61 Å². The number of nitrogens with zero attached hydrogens (tertiary/aromatic N) is 2. The average Bonchev–Trinajstić information content (AvgIpc) is 2.74. The number of aliphatic imine (C=N–C) groups is 1. The minimum absolute atomic E-state index is 0.0567. The number of nitro groups is 1. The first-order valence-corrected chi connectivity index (χ1v) is 9.70. The Hall–Kier alpha value is -3.67. The van der Waals surface area contributed by atoms with Crippen molar-refractivity contribution < 1.29 is 14.4 Å². The summed E-state index contributed by atoms with van der Waals surface area (Å²) in [6.45, 7) is 6.78. The van der Waals surface area contributed by atoms with Gasteiger partial charge in [-0.15, -0.1) is 0 Å². The van der Waals surface area contributed by atoms with Gasteiger partial charge in [0.1, 0.15) is 6.61 Å². The molecule has 0 aliphatic carbocycles. The molecular weight excluding hydrogens is 380 g/mol. The molecule has 0 atom stereocenters. The SMILES string of the molecule is CCOc1cc(C=Nc2cc(C)ccc2C)ccc1OCc1ccc([N+](=O)[O-])cc1. The Kier molecular flexibility index (Phi) is 6.80. The summed E-state index contributed by atoms with van der Waals surface area (Å²) < 4.78 is 11.6. The van der Waals surface area contributed by atoms with Gasteiger partial charge in [0.15, 0.2) is 11.5 Å². The minimum Gasteiger partial charge on any atom is -0.490 e. The molecule has 3 aromatic carbocycles.